The van der Waals surface area contributed by atoms with Crippen LogP contribution in [-0.4, -0.2) is 21.7 Å². The molecular weight excluding hydrogens is 601 g/mol. The van der Waals surface area contributed by atoms with Gasteiger partial charge in [0.15, 0.2) is 5.75 Å². The van der Waals surface area contributed by atoms with E-state index in [-0.39, 0.29) is 28.4 Å². The fraction of sp³-hybridized carbons (Fsp3) is 0.372. The molecule has 0 atom stereocenters. The topological polar surface area (TPSA) is 57.1 Å². The Balaban J connectivity index is 1.44. The van der Waals surface area contributed by atoms with Crippen molar-refractivity contribution in [3.8, 4) is 45.4 Å². The van der Waals surface area contributed by atoms with Gasteiger partial charge in [0.25, 0.3) is 0 Å². The summed E-state index contributed by atoms with van der Waals surface area (Å²) in [5.41, 5.74) is 11.8. The summed E-state index contributed by atoms with van der Waals surface area (Å²) >= 11 is 0. The van der Waals surface area contributed by atoms with Crippen molar-refractivity contribution in [1.29, 1.82) is 0 Å². The minimum atomic E-state index is -0.298. The smallest absolute Gasteiger partial charge is 0.309 e. The highest BCUT2D eigenvalue weighted by Crippen LogP contribution is 2.54. The van der Waals surface area contributed by atoms with Gasteiger partial charge in [0.2, 0.25) is 5.88 Å². The highest BCUT2D eigenvalue weighted by Gasteiger charge is 2.51. The first-order valence-electron chi connectivity index (χ1n) is 17.9. The third kappa shape index (κ3) is 4.35. The third-order valence-electron chi connectivity index (χ3n) is 12.0. The van der Waals surface area contributed by atoms with Crippen molar-refractivity contribution >= 4 is 23.4 Å². The van der Waals surface area contributed by atoms with Crippen LogP contribution in [0.3, 0.4) is 0 Å². The van der Waals surface area contributed by atoms with Gasteiger partial charge in [-0.15, -0.1) is 0 Å². The van der Waals surface area contributed by atoms with Crippen LogP contribution in [-0.2, 0) is 21.7 Å². The lowest BCUT2D eigenvalue weighted by Crippen LogP contribution is -2.61. The summed E-state index contributed by atoms with van der Waals surface area (Å²) in [6.07, 6.45) is 6.09. The fourth-order valence-corrected chi connectivity index (χ4v) is 9.05. The quantitative estimate of drug-likeness (QED) is 0.176. The van der Waals surface area contributed by atoms with Gasteiger partial charge >= 0.3 is 6.71 Å². The Kier molecular flexibility index (Phi) is 6.28. The van der Waals surface area contributed by atoms with Crippen molar-refractivity contribution in [2.75, 3.05) is 0 Å². The Hall–Kier alpha value is -4.45. The molecule has 0 bridgehead atoms. The van der Waals surface area contributed by atoms with Crippen LogP contribution in [0.25, 0.3) is 22.3 Å². The first kappa shape index (κ1) is 30.6. The van der Waals surface area contributed by atoms with Gasteiger partial charge in [-0.2, -0.15) is 0 Å². The van der Waals surface area contributed by atoms with Crippen molar-refractivity contribution in [2.45, 2.75) is 103 Å². The Labute approximate surface area is 290 Å². The number of aromatic nitrogens is 3. The molecule has 5 nitrogen and oxygen atoms in total. The predicted molar refractivity (Wildman–Crippen MR) is 199 cm³/mol. The van der Waals surface area contributed by atoms with E-state index in [1.807, 2.05) is 12.3 Å². The van der Waals surface area contributed by atoms with E-state index in [0.29, 0.717) is 5.88 Å². The molecule has 3 aromatic heterocycles. The zero-order chi connectivity index (χ0) is 34.1. The van der Waals surface area contributed by atoms with E-state index in [2.05, 4.69) is 116 Å². The van der Waals surface area contributed by atoms with Gasteiger partial charge in [-0.1, -0.05) is 116 Å². The highest BCUT2D eigenvalue weighted by atomic mass is 16.5. The first-order chi connectivity index (χ1) is 23.3. The van der Waals surface area contributed by atoms with E-state index in [1.165, 1.54) is 11.1 Å². The minimum Gasteiger partial charge on any atom is -0.456 e. The standard InChI is InChI=1S/C43H44BN3O2/c1-40(2)20-22-42(5,6)35-30(40)28(25-15-11-9-12-16-25)33-37(46-35)44-32-27(48-33)19-24-45-39(32)49-34-29(26-17-13-10-14-18-26)31-36(47-38(34)44)43(7,8)23-21-41(31,3)4/h9-19,24H,20-23H2,1-8H3. The molecule has 0 amide bonds. The second-order valence-electron chi connectivity index (χ2n) is 17.3. The molecule has 4 aliphatic rings. The number of fused-ring (bicyclic) bond motifs is 6. The van der Waals surface area contributed by atoms with E-state index >= 15 is 0 Å². The summed E-state index contributed by atoms with van der Waals surface area (Å²) in [4.78, 5) is 16.3. The monoisotopic (exact) mass is 645 g/mol. The molecule has 9 rings (SSSR count). The highest BCUT2D eigenvalue weighted by molar-refractivity contribution is 6.97. The van der Waals surface area contributed by atoms with Gasteiger partial charge in [0.05, 0.1) is 11.2 Å². The molecule has 0 radical (unpaired) electrons. The molecule has 2 aromatic carbocycles. The van der Waals surface area contributed by atoms with Crippen molar-refractivity contribution < 1.29 is 9.47 Å². The van der Waals surface area contributed by atoms with E-state index in [1.54, 1.807) is 0 Å². The van der Waals surface area contributed by atoms with Crippen molar-refractivity contribution in [3.05, 3.63) is 95.4 Å². The largest absolute Gasteiger partial charge is 0.456 e. The van der Waals surface area contributed by atoms with Crippen LogP contribution in [0.4, 0.5) is 0 Å². The Morgan fingerprint density at radius 3 is 1.49 bits per heavy atom. The number of nitrogens with zero attached hydrogens (tertiary/aromatic N) is 3. The number of ether oxygens (including phenoxy) is 2. The number of hydrogen-bond acceptors (Lipinski definition) is 5. The zero-order valence-electron chi connectivity index (χ0n) is 30.0. The van der Waals surface area contributed by atoms with E-state index in [9.17, 15) is 0 Å². The molecule has 6 heteroatoms. The third-order valence-corrected chi connectivity index (χ3v) is 12.0. The number of rotatable bonds is 2. The molecule has 5 aromatic rings. The zero-order valence-corrected chi connectivity index (χ0v) is 30.0. The molecular formula is C43H44BN3O2. The minimum absolute atomic E-state index is 0.0773. The maximum Gasteiger partial charge on any atom is 0.309 e. The van der Waals surface area contributed by atoms with Crippen molar-refractivity contribution in [2.24, 2.45) is 0 Å². The van der Waals surface area contributed by atoms with E-state index in [4.69, 9.17) is 24.4 Å². The average Bonchev–Trinajstić information content (AvgIpc) is 3.08. The van der Waals surface area contributed by atoms with Crippen LogP contribution in [0.2, 0.25) is 0 Å². The Morgan fingerprint density at radius 1 is 0.551 bits per heavy atom. The molecule has 0 fully saturated rings. The number of pyridine rings is 3. The summed E-state index contributed by atoms with van der Waals surface area (Å²) < 4.78 is 14.0. The maximum atomic E-state index is 7.04. The van der Waals surface area contributed by atoms with Gasteiger partial charge in [-0.25, -0.2) is 4.98 Å². The van der Waals surface area contributed by atoms with Gasteiger partial charge in [-0.3, -0.25) is 9.97 Å². The van der Waals surface area contributed by atoms with Crippen LogP contribution < -0.4 is 26.1 Å². The maximum absolute atomic E-state index is 7.04. The van der Waals surface area contributed by atoms with Crippen LogP contribution in [0.1, 0.15) is 104 Å². The number of benzene rings is 2. The van der Waals surface area contributed by atoms with E-state index in [0.717, 1.165) is 93.2 Å². The summed E-state index contributed by atoms with van der Waals surface area (Å²) in [5.74, 6) is 2.97. The lowest BCUT2D eigenvalue weighted by Gasteiger charge is -2.45. The molecule has 0 spiro atoms. The molecule has 0 saturated carbocycles. The first-order valence-corrected chi connectivity index (χ1v) is 17.9. The Bertz CT molecular complexity index is 2040. The van der Waals surface area contributed by atoms with Gasteiger partial charge < -0.3 is 9.47 Å². The van der Waals surface area contributed by atoms with E-state index < -0.39 is 0 Å². The molecule has 2 aliphatic heterocycles. The average molecular weight is 646 g/mol. The van der Waals surface area contributed by atoms with Crippen LogP contribution in [0.5, 0.6) is 23.1 Å². The van der Waals surface area contributed by atoms with Crippen molar-refractivity contribution in [1.82, 2.24) is 15.0 Å². The molecule has 0 saturated heterocycles. The molecule has 246 valence electrons. The van der Waals surface area contributed by atoms with Crippen LogP contribution in [0.15, 0.2) is 72.9 Å². The molecule has 2 aliphatic carbocycles. The summed E-state index contributed by atoms with van der Waals surface area (Å²) in [7, 11) is 0. The predicted octanol–water partition coefficient (Wildman–Crippen LogP) is 8.63. The van der Waals surface area contributed by atoms with Gasteiger partial charge in [-0.05, 0) is 64.8 Å². The van der Waals surface area contributed by atoms with Gasteiger partial charge in [0, 0.05) is 45.0 Å². The second kappa shape index (κ2) is 10.1. The lowest BCUT2D eigenvalue weighted by atomic mass is 9.37. The molecule has 49 heavy (non-hydrogen) atoms. The van der Waals surface area contributed by atoms with Gasteiger partial charge in [0.1, 0.15) is 11.5 Å². The SMILES string of the molecule is CC1(C)CCC(C)(C)c2c1nc1c(c2-c2ccccc2)Oc2ccnc3c2B1c1nc2c(c(-c4ccccc4)c1O3)C(C)(C)CCC2(C)C. The summed E-state index contributed by atoms with van der Waals surface area (Å²) in [6, 6.07) is 23.5. The fourth-order valence-electron chi connectivity index (χ4n) is 9.05. The van der Waals surface area contributed by atoms with Crippen molar-refractivity contribution in [3.63, 3.8) is 0 Å². The Morgan fingerprint density at radius 2 is 1.00 bits per heavy atom. The molecule has 5 heterocycles. The normalized spacial score (nSPS) is 19.6. The lowest BCUT2D eigenvalue weighted by molar-refractivity contribution is 0.322. The van der Waals surface area contributed by atoms with Crippen LogP contribution >= 0.6 is 0 Å². The molecule has 0 N–H and O–H groups in total. The summed E-state index contributed by atoms with van der Waals surface area (Å²) in [5, 5.41) is 0. The van der Waals surface area contributed by atoms with Crippen LogP contribution in [0, 0.1) is 0 Å². The molecule has 0 unspecified atom stereocenters. The number of hydrogen-bond donors (Lipinski definition) is 0. The summed E-state index contributed by atoms with van der Waals surface area (Å²) in [6.45, 7) is 18.6. The second-order valence-corrected chi connectivity index (χ2v) is 17.3.